The van der Waals surface area contributed by atoms with Crippen molar-refractivity contribution in [3.63, 3.8) is 0 Å². The second kappa shape index (κ2) is 12.4. The number of hydrogen-bond acceptors (Lipinski definition) is 1. The van der Waals surface area contributed by atoms with Crippen LogP contribution >= 0.6 is 12.6 Å². The predicted octanol–water partition coefficient (Wildman–Crippen LogP) is 4.56. The highest BCUT2D eigenvalue weighted by Crippen LogP contribution is 2.11. The third-order valence-electron chi connectivity index (χ3n) is 2.26. The van der Waals surface area contributed by atoms with Crippen LogP contribution in [0.25, 0.3) is 0 Å². The van der Waals surface area contributed by atoms with Crippen LogP contribution in [0.5, 0.6) is 0 Å². The van der Waals surface area contributed by atoms with Crippen molar-refractivity contribution in [2.75, 3.05) is 0 Å². The molecule has 0 aliphatic rings. The lowest BCUT2D eigenvalue weighted by Gasteiger charge is -2.00. The van der Waals surface area contributed by atoms with Crippen LogP contribution in [0.1, 0.15) is 38.2 Å². The molecule has 16 heavy (non-hydrogen) atoms. The minimum absolute atomic E-state index is 0. The summed E-state index contributed by atoms with van der Waals surface area (Å²) in [6.45, 7) is 2.25. The first-order valence-electron chi connectivity index (χ1n) is 5.11. The molecule has 1 rings (SSSR count). The molecule has 0 heterocycles. The van der Waals surface area contributed by atoms with Crippen molar-refractivity contribution in [2.24, 2.45) is 0 Å². The third kappa shape index (κ3) is 8.65. The molecular formula is C12H21F3S. The minimum atomic E-state index is 0. The molecule has 0 saturated carbocycles. The molecule has 0 aliphatic heterocycles. The zero-order valence-electron chi connectivity index (χ0n) is 9.52. The molecule has 0 unspecified atom stereocenters. The number of unbranched alkanes of at least 4 members (excludes halogenated alkanes) is 3. The Balaban J connectivity index is -0.000000563. The van der Waals surface area contributed by atoms with Crippen molar-refractivity contribution in [1.82, 2.24) is 0 Å². The molecule has 0 fully saturated rings. The Kier molecular flexibility index (Phi) is 16.1. The van der Waals surface area contributed by atoms with E-state index >= 15 is 0 Å². The molecule has 0 N–H and O–H groups in total. The summed E-state index contributed by atoms with van der Waals surface area (Å²) in [6.07, 6.45) is 6.58. The van der Waals surface area contributed by atoms with Crippen LogP contribution in [-0.2, 0) is 6.42 Å². The molecule has 1 aromatic rings. The average Bonchev–Trinajstić information content (AvgIpc) is 2.15. The fourth-order valence-electron chi connectivity index (χ4n) is 1.42. The lowest BCUT2D eigenvalue weighted by atomic mass is 10.1. The zero-order chi connectivity index (χ0) is 9.52. The fourth-order valence-corrected chi connectivity index (χ4v) is 1.57. The summed E-state index contributed by atoms with van der Waals surface area (Å²) in [6, 6.07) is 8.49. The van der Waals surface area contributed by atoms with Crippen molar-refractivity contribution in [3.8, 4) is 0 Å². The van der Waals surface area contributed by atoms with E-state index in [4.69, 9.17) is 0 Å². The maximum atomic E-state index is 4.26. The third-order valence-corrected chi connectivity index (χ3v) is 2.55. The van der Waals surface area contributed by atoms with Gasteiger partial charge in [-0.15, -0.1) is 12.6 Å². The Hall–Kier alpha value is -0.640. The zero-order valence-corrected chi connectivity index (χ0v) is 10.4. The smallest absolute Gasteiger partial charge is 0.00401 e. The van der Waals surface area contributed by atoms with Gasteiger partial charge in [0.1, 0.15) is 0 Å². The monoisotopic (exact) mass is 254 g/mol. The van der Waals surface area contributed by atoms with E-state index in [1.54, 1.807) is 0 Å². The second-order valence-electron chi connectivity index (χ2n) is 3.48. The van der Waals surface area contributed by atoms with E-state index in [2.05, 4.69) is 43.8 Å². The van der Waals surface area contributed by atoms with Gasteiger partial charge in [0.15, 0.2) is 0 Å². The number of rotatable bonds is 5. The maximum absolute atomic E-state index is 4.26. The van der Waals surface area contributed by atoms with Crippen molar-refractivity contribution in [1.29, 1.82) is 0 Å². The Labute approximate surface area is 101 Å². The lowest BCUT2D eigenvalue weighted by Crippen LogP contribution is -1.84. The Morgan fingerprint density at radius 1 is 0.875 bits per heavy atom. The topological polar surface area (TPSA) is 0 Å². The molecule has 0 atom stereocenters. The molecule has 0 spiro atoms. The van der Waals surface area contributed by atoms with Gasteiger partial charge in [-0.1, -0.05) is 38.3 Å². The fraction of sp³-hybridized carbons (Fsp3) is 0.500. The summed E-state index contributed by atoms with van der Waals surface area (Å²) in [7, 11) is 0. The lowest BCUT2D eigenvalue weighted by molar-refractivity contribution is 0.667. The number of thiol groups is 1. The van der Waals surface area contributed by atoms with Gasteiger partial charge in [0.05, 0.1) is 0 Å². The van der Waals surface area contributed by atoms with Crippen LogP contribution in [0.4, 0.5) is 14.1 Å². The molecule has 0 amide bonds. The first-order chi connectivity index (χ1) is 6.33. The van der Waals surface area contributed by atoms with Gasteiger partial charge >= 0.3 is 0 Å². The average molecular weight is 254 g/mol. The van der Waals surface area contributed by atoms with E-state index in [9.17, 15) is 0 Å². The number of aryl methyl sites for hydroxylation is 1. The van der Waals surface area contributed by atoms with Crippen LogP contribution in [0, 0.1) is 0 Å². The van der Waals surface area contributed by atoms with Gasteiger partial charge in [-0.25, -0.2) is 0 Å². The van der Waals surface area contributed by atoms with E-state index in [1.165, 1.54) is 37.7 Å². The Morgan fingerprint density at radius 3 is 1.94 bits per heavy atom. The van der Waals surface area contributed by atoms with Gasteiger partial charge in [-0.2, -0.15) is 0 Å². The van der Waals surface area contributed by atoms with Crippen LogP contribution in [-0.4, -0.2) is 0 Å². The summed E-state index contributed by atoms with van der Waals surface area (Å²) in [5.74, 6) is 0. The Morgan fingerprint density at radius 2 is 1.44 bits per heavy atom. The summed E-state index contributed by atoms with van der Waals surface area (Å²) < 4.78 is 0. The molecule has 96 valence electrons. The normalized spacial score (nSPS) is 8.38. The van der Waals surface area contributed by atoms with Crippen molar-refractivity contribution < 1.29 is 14.1 Å². The minimum Gasteiger partial charge on any atom is -0.269 e. The molecular weight excluding hydrogens is 233 g/mol. The summed E-state index contributed by atoms with van der Waals surface area (Å²) in [4.78, 5) is 1.05. The highest BCUT2D eigenvalue weighted by atomic mass is 32.1. The first kappa shape index (κ1) is 20.7. The molecule has 0 nitrogen and oxygen atoms in total. The Bertz CT molecular complexity index is 237. The van der Waals surface area contributed by atoms with Crippen molar-refractivity contribution in [2.45, 2.75) is 43.9 Å². The number of benzene rings is 1. The highest BCUT2D eigenvalue weighted by molar-refractivity contribution is 7.80. The van der Waals surface area contributed by atoms with Gasteiger partial charge in [-0.05, 0) is 30.5 Å². The van der Waals surface area contributed by atoms with E-state index in [1.807, 2.05) is 0 Å². The van der Waals surface area contributed by atoms with Crippen molar-refractivity contribution >= 4 is 12.6 Å². The van der Waals surface area contributed by atoms with Crippen LogP contribution in [0.2, 0.25) is 0 Å². The van der Waals surface area contributed by atoms with Gasteiger partial charge in [0.2, 0.25) is 0 Å². The van der Waals surface area contributed by atoms with Gasteiger partial charge < -0.3 is 0 Å². The molecule has 0 aromatic heterocycles. The molecule has 0 bridgehead atoms. The SMILES string of the molecule is CCCCCCc1ccc(S)cc1.F.F.F. The largest absolute Gasteiger partial charge is 0.269 e. The van der Waals surface area contributed by atoms with Gasteiger partial charge in [0, 0.05) is 4.90 Å². The number of halogens is 3. The summed E-state index contributed by atoms with van der Waals surface area (Å²) >= 11 is 4.26. The maximum Gasteiger partial charge on any atom is 0.00401 e. The summed E-state index contributed by atoms with van der Waals surface area (Å²) in [5.41, 5.74) is 1.44. The van der Waals surface area contributed by atoms with E-state index < -0.39 is 0 Å². The molecule has 0 radical (unpaired) electrons. The van der Waals surface area contributed by atoms with Gasteiger partial charge in [-0.3, -0.25) is 14.1 Å². The molecule has 0 aliphatic carbocycles. The second-order valence-corrected chi connectivity index (χ2v) is 3.99. The van der Waals surface area contributed by atoms with E-state index in [0.717, 1.165) is 4.90 Å². The molecule has 0 saturated heterocycles. The van der Waals surface area contributed by atoms with E-state index in [-0.39, 0.29) is 14.1 Å². The van der Waals surface area contributed by atoms with Gasteiger partial charge in [0.25, 0.3) is 0 Å². The predicted molar refractivity (Wildman–Crippen MR) is 69.0 cm³/mol. The highest BCUT2D eigenvalue weighted by Gasteiger charge is 1.92. The van der Waals surface area contributed by atoms with Crippen LogP contribution in [0.15, 0.2) is 29.2 Å². The van der Waals surface area contributed by atoms with Crippen LogP contribution < -0.4 is 0 Å². The van der Waals surface area contributed by atoms with Crippen molar-refractivity contribution in [3.05, 3.63) is 29.8 Å². The molecule has 1 aromatic carbocycles. The number of hydrogen-bond donors (Lipinski definition) is 1. The molecule has 4 heteroatoms. The van der Waals surface area contributed by atoms with Crippen LogP contribution in [0.3, 0.4) is 0 Å². The summed E-state index contributed by atoms with van der Waals surface area (Å²) in [5, 5.41) is 0. The first-order valence-corrected chi connectivity index (χ1v) is 5.55. The quantitative estimate of drug-likeness (QED) is 0.578. The van der Waals surface area contributed by atoms with E-state index in [0.29, 0.717) is 0 Å². The standard InChI is InChI=1S/C12H18S.3FH/c1-2-3-4-5-6-11-7-9-12(13)10-8-11;;;/h7-10,13H,2-6H2,1H3;3*1H.